The highest BCUT2D eigenvalue weighted by Gasteiger charge is 2.57. The van der Waals surface area contributed by atoms with Gasteiger partial charge in [0, 0.05) is 17.7 Å². The number of hydrogen-bond acceptors (Lipinski definition) is 7. The summed E-state index contributed by atoms with van der Waals surface area (Å²) in [6, 6.07) is 6.42. The molecule has 0 saturated heterocycles. The van der Waals surface area contributed by atoms with Gasteiger partial charge in [0.05, 0.1) is 19.8 Å². The zero-order chi connectivity index (χ0) is 19.6. The lowest BCUT2D eigenvalue weighted by molar-refractivity contribution is -0.0537. The summed E-state index contributed by atoms with van der Waals surface area (Å²) in [4.78, 5) is 27.8. The van der Waals surface area contributed by atoms with E-state index >= 15 is 0 Å². The van der Waals surface area contributed by atoms with E-state index in [1.54, 1.807) is 18.2 Å². The van der Waals surface area contributed by atoms with Crippen LogP contribution in [0.1, 0.15) is 31.8 Å². The molecular formula is C20H17NO7. The SMILES string of the molecule is COc1ccc2c(c1OC)C(=O)N1CCc3cc4c(cc3C(=O)C21O)OCO4. The second kappa shape index (κ2) is 5.62. The highest BCUT2D eigenvalue weighted by molar-refractivity contribution is 6.14. The molecule has 3 heterocycles. The van der Waals surface area contributed by atoms with Crippen molar-refractivity contribution in [3.8, 4) is 23.0 Å². The number of benzene rings is 2. The van der Waals surface area contributed by atoms with Crippen molar-refractivity contribution in [2.24, 2.45) is 0 Å². The van der Waals surface area contributed by atoms with Crippen LogP contribution >= 0.6 is 0 Å². The Balaban J connectivity index is 1.73. The lowest BCUT2D eigenvalue weighted by Crippen LogP contribution is -2.49. The van der Waals surface area contributed by atoms with Crippen LogP contribution in [0.4, 0.5) is 0 Å². The van der Waals surface area contributed by atoms with E-state index in [4.69, 9.17) is 18.9 Å². The van der Waals surface area contributed by atoms with Gasteiger partial charge in [-0.3, -0.25) is 14.5 Å². The first-order chi connectivity index (χ1) is 13.5. The highest BCUT2D eigenvalue weighted by atomic mass is 16.7. The summed E-state index contributed by atoms with van der Waals surface area (Å²) >= 11 is 0. The van der Waals surface area contributed by atoms with Gasteiger partial charge in [0.25, 0.3) is 5.91 Å². The molecule has 0 spiro atoms. The minimum Gasteiger partial charge on any atom is -0.493 e. The number of methoxy groups -OCH3 is 2. The Morgan fingerprint density at radius 3 is 2.57 bits per heavy atom. The largest absolute Gasteiger partial charge is 0.493 e. The number of ether oxygens (including phenoxy) is 4. The van der Waals surface area contributed by atoms with Crippen LogP contribution < -0.4 is 18.9 Å². The molecule has 3 aliphatic heterocycles. The molecule has 8 heteroatoms. The predicted molar refractivity (Wildman–Crippen MR) is 95.1 cm³/mol. The summed E-state index contributed by atoms with van der Waals surface area (Å²) in [6.45, 7) is 0.245. The third kappa shape index (κ3) is 1.92. The molecule has 0 radical (unpaired) electrons. The van der Waals surface area contributed by atoms with E-state index in [2.05, 4.69) is 0 Å². The Morgan fingerprint density at radius 1 is 1.11 bits per heavy atom. The van der Waals surface area contributed by atoms with E-state index in [-0.39, 0.29) is 30.2 Å². The minimum absolute atomic E-state index is 0.0844. The molecule has 0 fully saturated rings. The quantitative estimate of drug-likeness (QED) is 0.839. The van der Waals surface area contributed by atoms with Gasteiger partial charge in [-0.15, -0.1) is 0 Å². The molecule has 28 heavy (non-hydrogen) atoms. The summed E-state index contributed by atoms with van der Waals surface area (Å²) in [5, 5.41) is 11.5. The summed E-state index contributed by atoms with van der Waals surface area (Å²) in [5.41, 5.74) is -0.783. The summed E-state index contributed by atoms with van der Waals surface area (Å²) in [7, 11) is 2.87. The van der Waals surface area contributed by atoms with Gasteiger partial charge in [-0.1, -0.05) is 0 Å². The average molecular weight is 383 g/mol. The fourth-order valence-corrected chi connectivity index (χ4v) is 4.19. The number of Topliss-reactive ketones (excluding diaryl/α,β-unsaturated/α-hetero) is 1. The molecule has 3 aliphatic rings. The van der Waals surface area contributed by atoms with Gasteiger partial charge in [-0.2, -0.15) is 0 Å². The van der Waals surface area contributed by atoms with E-state index in [9.17, 15) is 14.7 Å². The van der Waals surface area contributed by atoms with Gasteiger partial charge in [0.15, 0.2) is 23.0 Å². The molecule has 1 amide bonds. The van der Waals surface area contributed by atoms with Gasteiger partial charge in [0.2, 0.25) is 18.3 Å². The van der Waals surface area contributed by atoms with Crippen molar-refractivity contribution >= 4 is 11.7 Å². The van der Waals surface area contributed by atoms with Crippen molar-refractivity contribution in [2.75, 3.05) is 27.6 Å². The number of ketones is 1. The maximum atomic E-state index is 13.5. The van der Waals surface area contributed by atoms with Crippen LogP contribution in [0.15, 0.2) is 24.3 Å². The first-order valence-corrected chi connectivity index (χ1v) is 8.77. The number of carbonyl (C=O) groups excluding carboxylic acids is 2. The summed E-state index contributed by atoms with van der Waals surface area (Å²) < 4.78 is 21.4. The Labute approximate surface area is 160 Å². The van der Waals surface area contributed by atoms with Crippen LogP contribution in [0.3, 0.4) is 0 Å². The standard InChI is InChI=1S/C20H17NO7/c1-25-13-4-3-12-16(17(13)26-2)19(23)21-6-5-10-7-14-15(28-9-27-14)8-11(10)18(22)20(12,21)24/h3-4,7-8,24H,5-6,9H2,1-2H3. The second-order valence-electron chi connectivity index (χ2n) is 6.79. The van der Waals surface area contributed by atoms with E-state index < -0.39 is 17.4 Å². The van der Waals surface area contributed by atoms with Crippen molar-refractivity contribution in [3.63, 3.8) is 0 Å². The third-order valence-corrected chi connectivity index (χ3v) is 5.54. The van der Waals surface area contributed by atoms with Crippen LogP contribution in [0.5, 0.6) is 23.0 Å². The number of nitrogens with zero attached hydrogens (tertiary/aromatic N) is 1. The monoisotopic (exact) mass is 383 g/mol. The maximum absolute atomic E-state index is 13.5. The fourth-order valence-electron chi connectivity index (χ4n) is 4.19. The first-order valence-electron chi connectivity index (χ1n) is 8.77. The van der Waals surface area contributed by atoms with Crippen molar-refractivity contribution in [3.05, 3.63) is 46.5 Å². The van der Waals surface area contributed by atoms with Crippen LogP contribution in [0.25, 0.3) is 0 Å². The van der Waals surface area contributed by atoms with E-state index in [1.807, 2.05) is 0 Å². The number of aliphatic hydroxyl groups is 1. The number of hydrogen-bond donors (Lipinski definition) is 1. The van der Waals surface area contributed by atoms with Crippen LogP contribution in [0.2, 0.25) is 0 Å². The number of fused-ring (bicyclic) bond motifs is 5. The molecule has 0 bridgehead atoms. The molecule has 8 nitrogen and oxygen atoms in total. The number of carbonyl (C=O) groups is 2. The third-order valence-electron chi connectivity index (χ3n) is 5.54. The van der Waals surface area contributed by atoms with E-state index in [0.717, 1.165) is 0 Å². The lowest BCUT2D eigenvalue weighted by atomic mass is 9.90. The van der Waals surface area contributed by atoms with Crippen LogP contribution in [0, 0.1) is 0 Å². The summed E-state index contributed by atoms with van der Waals surface area (Å²) in [6.07, 6.45) is 0.388. The van der Waals surface area contributed by atoms with Gasteiger partial charge in [-0.25, -0.2) is 0 Å². The number of amides is 1. The van der Waals surface area contributed by atoms with Gasteiger partial charge < -0.3 is 24.1 Å². The van der Waals surface area contributed by atoms with Crippen molar-refractivity contribution < 1.29 is 33.6 Å². The van der Waals surface area contributed by atoms with Crippen LogP contribution in [-0.2, 0) is 12.1 Å². The minimum atomic E-state index is -2.12. The molecule has 144 valence electrons. The second-order valence-corrected chi connectivity index (χ2v) is 6.79. The first kappa shape index (κ1) is 16.9. The van der Waals surface area contributed by atoms with Gasteiger partial charge >= 0.3 is 0 Å². The molecule has 1 unspecified atom stereocenters. The molecular weight excluding hydrogens is 366 g/mol. The van der Waals surface area contributed by atoms with Crippen molar-refractivity contribution in [1.82, 2.24) is 4.90 Å². The van der Waals surface area contributed by atoms with Gasteiger partial charge in [-0.05, 0) is 36.2 Å². The molecule has 0 aromatic heterocycles. The molecule has 5 rings (SSSR count). The molecule has 1 atom stereocenters. The topological polar surface area (TPSA) is 94.5 Å². The van der Waals surface area contributed by atoms with Crippen molar-refractivity contribution in [2.45, 2.75) is 12.1 Å². The zero-order valence-corrected chi connectivity index (χ0v) is 15.3. The van der Waals surface area contributed by atoms with E-state index in [0.29, 0.717) is 34.8 Å². The predicted octanol–water partition coefficient (Wildman–Crippen LogP) is 1.47. The average Bonchev–Trinajstić information content (AvgIpc) is 3.22. The number of rotatable bonds is 2. The Bertz CT molecular complexity index is 1050. The zero-order valence-electron chi connectivity index (χ0n) is 15.3. The smallest absolute Gasteiger partial charge is 0.261 e. The Hall–Kier alpha value is -3.26. The van der Waals surface area contributed by atoms with Crippen LogP contribution in [-0.4, -0.2) is 49.3 Å². The highest BCUT2D eigenvalue weighted by Crippen LogP contribution is 2.49. The lowest BCUT2D eigenvalue weighted by Gasteiger charge is -2.30. The molecule has 0 saturated carbocycles. The summed E-state index contributed by atoms with van der Waals surface area (Å²) in [5.74, 6) is 0.490. The van der Waals surface area contributed by atoms with Gasteiger partial charge in [0.1, 0.15) is 0 Å². The molecule has 2 aromatic carbocycles. The molecule has 1 N–H and O–H groups in total. The van der Waals surface area contributed by atoms with E-state index in [1.165, 1.54) is 25.2 Å². The normalized spacial score (nSPS) is 21.8. The molecule has 2 aromatic rings. The fraction of sp³-hybridized carbons (Fsp3) is 0.300. The van der Waals surface area contributed by atoms with Crippen molar-refractivity contribution in [1.29, 1.82) is 0 Å². The maximum Gasteiger partial charge on any atom is 0.261 e. The Morgan fingerprint density at radius 2 is 1.86 bits per heavy atom. The molecule has 0 aliphatic carbocycles. The Kier molecular flexibility index (Phi) is 3.39.